The topological polar surface area (TPSA) is 19.9 Å². The molecule has 0 N–H and O–H groups in total. The Balaban J connectivity index is 0. The van der Waals surface area contributed by atoms with E-state index in [1.165, 1.54) is 0 Å². The summed E-state index contributed by atoms with van der Waals surface area (Å²) in [7, 11) is 0.750. The molecule has 1 nitrogen and oxygen atoms in total. The molecule has 32 valence electrons. The van der Waals surface area contributed by atoms with Gasteiger partial charge in [-0.2, -0.15) is 0 Å². The van der Waals surface area contributed by atoms with Crippen LogP contribution in [0, 0.1) is 6.92 Å². The van der Waals surface area contributed by atoms with Gasteiger partial charge in [0.15, 0.2) is 0 Å². The van der Waals surface area contributed by atoms with Crippen molar-refractivity contribution in [3.63, 3.8) is 0 Å². The van der Waals surface area contributed by atoms with Gasteiger partial charge in [0.2, 0.25) is 0 Å². The molecule has 0 aromatic carbocycles. The summed E-state index contributed by atoms with van der Waals surface area (Å²) in [5.41, 5.74) is 0. The first kappa shape index (κ1) is 8.88. The lowest BCUT2D eigenvalue weighted by Crippen LogP contribution is -1.29. The van der Waals surface area contributed by atoms with Crippen molar-refractivity contribution in [2.45, 2.75) is 13.3 Å². The fraction of sp³-hybridized carbons (Fsp3) is 0.750. The summed E-state index contributed by atoms with van der Waals surface area (Å²) in [6, 6.07) is 0. The molecule has 0 saturated carbocycles. The molecule has 0 amide bonds. The second kappa shape index (κ2) is 37.6. The third-order valence-electron chi connectivity index (χ3n) is 0. The molecular formula is C4H10O. The lowest BCUT2D eigenvalue weighted by atomic mass is 10.6. The van der Waals surface area contributed by atoms with Crippen LogP contribution in [0.4, 0.5) is 0 Å². The zero-order chi connectivity index (χ0) is 4.71. The fourth-order valence-electron chi connectivity index (χ4n) is 0. The van der Waals surface area contributed by atoms with Gasteiger partial charge >= 0.3 is 0 Å². The average molecular weight is 74.1 g/mol. The summed E-state index contributed by atoms with van der Waals surface area (Å²) in [5, 5.41) is 8.25. The molecule has 0 rings (SSSR count). The SMILES string of the molecule is C[O].[CH2]CC. The van der Waals surface area contributed by atoms with E-state index in [1.807, 2.05) is 6.92 Å². The summed E-state index contributed by atoms with van der Waals surface area (Å²) >= 11 is 0. The Morgan fingerprint density at radius 2 is 1.60 bits per heavy atom. The van der Waals surface area contributed by atoms with E-state index >= 15 is 0 Å². The Labute approximate surface area is 33.6 Å². The van der Waals surface area contributed by atoms with Gasteiger partial charge in [-0.25, -0.2) is 5.11 Å². The average Bonchev–Trinajstić information content (AvgIpc) is 1.46. The fourth-order valence-corrected chi connectivity index (χ4v) is 0. The second-order valence-corrected chi connectivity index (χ2v) is 0.500. The van der Waals surface area contributed by atoms with Gasteiger partial charge in [0.25, 0.3) is 0 Å². The van der Waals surface area contributed by atoms with Gasteiger partial charge < -0.3 is 0 Å². The van der Waals surface area contributed by atoms with Crippen LogP contribution in [0.25, 0.3) is 0 Å². The molecule has 0 atom stereocenters. The summed E-state index contributed by atoms with van der Waals surface area (Å²) in [6.07, 6.45) is 1.00. The van der Waals surface area contributed by atoms with Crippen LogP contribution in [0.3, 0.4) is 0 Å². The third kappa shape index (κ3) is 9510. The molecule has 0 spiro atoms. The zero-order valence-corrected chi connectivity index (χ0v) is 3.82. The molecule has 0 saturated heterocycles. The minimum atomic E-state index is 0.750. The Morgan fingerprint density at radius 3 is 1.60 bits per heavy atom. The molecule has 0 aliphatic rings. The maximum absolute atomic E-state index is 8.25. The maximum Gasteiger partial charge on any atom is 0.0712 e. The third-order valence-corrected chi connectivity index (χ3v) is 0. The molecule has 0 aliphatic carbocycles. The molecule has 0 aromatic rings. The summed E-state index contributed by atoms with van der Waals surface area (Å²) in [4.78, 5) is 0. The van der Waals surface area contributed by atoms with Gasteiger partial charge in [-0.15, -0.1) is 0 Å². The van der Waals surface area contributed by atoms with Gasteiger partial charge in [0.05, 0.1) is 7.11 Å². The summed E-state index contributed by atoms with van der Waals surface area (Å²) in [5.74, 6) is 0. The summed E-state index contributed by atoms with van der Waals surface area (Å²) in [6.45, 7) is 5.50. The highest BCUT2D eigenvalue weighted by atomic mass is 16.2. The standard InChI is InChI=1S/C3H7.CH3O/c1-3-2;1-2/h1,3H2,2H3;1H3. The molecular weight excluding hydrogens is 64.0 g/mol. The number of rotatable bonds is 0. The Morgan fingerprint density at radius 1 is 1.60 bits per heavy atom. The first-order valence-electron chi connectivity index (χ1n) is 1.62. The highest BCUT2D eigenvalue weighted by molar-refractivity contribution is 4.18. The second-order valence-electron chi connectivity index (χ2n) is 0.500. The van der Waals surface area contributed by atoms with Crippen molar-refractivity contribution in [1.82, 2.24) is 0 Å². The minimum Gasteiger partial charge on any atom is -0.240 e. The van der Waals surface area contributed by atoms with Gasteiger partial charge in [-0.05, 0) is 0 Å². The van der Waals surface area contributed by atoms with E-state index in [2.05, 4.69) is 6.92 Å². The van der Waals surface area contributed by atoms with Crippen molar-refractivity contribution >= 4 is 0 Å². The molecule has 0 aromatic heterocycles. The Bertz CT molecular complexity index is 3.61. The van der Waals surface area contributed by atoms with Crippen molar-refractivity contribution in [3.05, 3.63) is 6.92 Å². The molecule has 5 heavy (non-hydrogen) atoms. The predicted molar refractivity (Wildman–Crippen MR) is 22.3 cm³/mol. The first-order valence-corrected chi connectivity index (χ1v) is 1.62. The van der Waals surface area contributed by atoms with Crippen molar-refractivity contribution < 1.29 is 5.11 Å². The van der Waals surface area contributed by atoms with E-state index in [9.17, 15) is 0 Å². The van der Waals surface area contributed by atoms with Crippen molar-refractivity contribution in [3.8, 4) is 0 Å². The van der Waals surface area contributed by atoms with Crippen LogP contribution in [-0.2, 0) is 5.11 Å². The van der Waals surface area contributed by atoms with Crippen LogP contribution in [0.15, 0.2) is 0 Å². The van der Waals surface area contributed by atoms with Gasteiger partial charge in [-0.1, -0.05) is 20.3 Å². The van der Waals surface area contributed by atoms with Gasteiger partial charge in [0.1, 0.15) is 0 Å². The van der Waals surface area contributed by atoms with Gasteiger partial charge in [0, 0.05) is 0 Å². The minimum absolute atomic E-state index is 0.750. The van der Waals surface area contributed by atoms with E-state index in [0.717, 1.165) is 13.5 Å². The highest BCUT2D eigenvalue weighted by Crippen LogP contribution is 1.54. The number of hydrogen-bond donors (Lipinski definition) is 0. The molecule has 0 unspecified atom stereocenters. The van der Waals surface area contributed by atoms with Crippen LogP contribution < -0.4 is 0 Å². The van der Waals surface area contributed by atoms with Crippen LogP contribution in [0.5, 0.6) is 0 Å². The van der Waals surface area contributed by atoms with Crippen molar-refractivity contribution in [2.24, 2.45) is 0 Å². The predicted octanol–water partition coefficient (Wildman–Crippen LogP) is 1.28. The van der Waals surface area contributed by atoms with E-state index in [4.69, 9.17) is 5.11 Å². The van der Waals surface area contributed by atoms with Gasteiger partial charge in [-0.3, -0.25) is 0 Å². The van der Waals surface area contributed by atoms with E-state index in [1.54, 1.807) is 0 Å². The van der Waals surface area contributed by atoms with E-state index < -0.39 is 0 Å². The lowest BCUT2D eigenvalue weighted by Gasteiger charge is -1.47. The maximum atomic E-state index is 8.25. The van der Waals surface area contributed by atoms with E-state index in [0.29, 0.717) is 0 Å². The smallest absolute Gasteiger partial charge is 0.0712 e. The largest absolute Gasteiger partial charge is 0.240 e. The molecule has 2 radical (unpaired) electrons. The van der Waals surface area contributed by atoms with Crippen molar-refractivity contribution in [1.29, 1.82) is 0 Å². The van der Waals surface area contributed by atoms with Crippen LogP contribution in [0.2, 0.25) is 0 Å². The van der Waals surface area contributed by atoms with Crippen molar-refractivity contribution in [2.75, 3.05) is 7.11 Å². The zero-order valence-electron chi connectivity index (χ0n) is 3.82. The Kier molecular flexibility index (Phi) is 66.8. The van der Waals surface area contributed by atoms with Crippen LogP contribution in [-0.4, -0.2) is 7.11 Å². The van der Waals surface area contributed by atoms with Crippen LogP contribution >= 0.6 is 0 Å². The molecule has 0 aliphatic heterocycles. The monoisotopic (exact) mass is 74.1 g/mol. The molecule has 0 heterocycles. The number of hydrogen-bond acceptors (Lipinski definition) is 0. The molecule has 1 heteroatoms. The van der Waals surface area contributed by atoms with E-state index in [-0.39, 0.29) is 0 Å². The Hall–Kier alpha value is -0.0400. The lowest BCUT2D eigenvalue weighted by molar-refractivity contribution is 0.282. The highest BCUT2D eigenvalue weighted by Gasteiger charge is 1.36. The quantitative estimate of drug-likeness (QED) is 0.412. The molecule has 0 bridgehead atoms. The first-order chi connectivity index (χ1) is 2.41. The van der Waals surface area contributed by atoms with Crippen LogP contribution in [0.1, 0.15) is 13.3 Å². The summed E-state index contributed by atoms with van der Waals surface area (Å²) < 4.78 is 0. The normalized spacial score (nSPS) is 4.80. The molecule has 0 fully saturated rings.